The number of piperazine rings is 1. The van der Waals surface area contributed by atoms with Crippen LogP contribution in [0.1, 0.15) is 11.4 Å². The molecule has 2 fully saturated rings. The molecule has 7 nitrogen and oxygen atoms in total. The molecule has 3 heterocycles. The van der Waals surface area contributed by atoms with E-state index < -0.39 is 0 Å². The summed E-state index contributed by atoms with van der Waals surface area (Å²) in [6.45, 7) is 6.49. The zero-order chi connectivity index (χ0) is 22.2. The van der Waals surface area contributed by atoms with E-state index in [-0.39, 0.29) is 24.2 Å². The highest BCUT2D eigenvalue weighted by molar-refractivity contribution is 7.18. The Morgan fingerprint density at radius 1 is 1.06 bits per heavy atom. The van der Waals surface area contributed by atoms with Crippen molar-refractivity contribution in [3.63, 3.8) is 0 Å². The van der Waals surface area contributed by atoms with Crippen molar-refractivity contribution in [2.24, 2.45) is 5.92 Å². The van der Waals surface area contributed by atoms with Crippen molar-refractivity contribution >= 4 is 50.4 Å². The number of benzene rings is 2. The third-order valence-electron chi connectivity index (χ3n) is 6.29. The van der Waals surface area contributed by atoms with Crippen molar-refractivity contribution in [1.29, 1.82) is 0 Å². The van der Waals surface area contributed by atoms with Crippen molar-refractivity contribution in [2.45, 2.75) is 13.3 Å². The molecule has 32 heavy (non-hydrogen) atoms. The highest BCUT2D eigenvalue weighted by Crippen LogP contribution is 2.31. The molecule has 2 aliphatic rings. The number of likely N-dealkylation sites (N-methyl/N-ethyl adjacent to an activating group) is 1. The van der Waals surface area contributed by atoms with Crippen molar-refractivity contribution in [3.05, 3.63) is 47.5 Å². The van der Waals surface area contributed by atoms with E-state index >= 15 is 0 Å². The lowest BCUT2D eigenvalue weighted by molar-refractivity contribution is -0.122. The third-order valence-corrected chi connectivity index (χ3v) is 7.24. The number of anilines is 3. The molecule has 0 radical (unpaired) electrons. The summed E-state index contributed by atoms with van der Waals surface area (Å²) in [5.41, 5.74) is 3.63. The Kier molecular flexibility index (Phi) is 5.57. The van der Waals surface area contributed by atoms with Gasteiger partial charge in [0.15, 0.2) is 0 Å². The molecule has 0 aliphatic carbocycles. The standard InChI is InChI=1S/C24H27N5O2S/c1-16-25-21-14-20(7-8-22(21)32-16)29-15-17(13-23(29)30)24(31)26-18-3-5-19(6-4-18)28-11-9-27(2)10-12-28/h3-8,14,17H,9-13,15H2,1-2H3,(H,26,31). The lowest BCUT2D eigenvalue weighted by Gasteiger charge is -2.34. The number of aromatic nitrogens is 1. The van der Waals surface area contributed by atoms with E-state index in [0.717, 1.165) is 52.8 Å². The summed E-state index contributed by atoms with van der Waals surface area (Å²) < 4.78 is 1.10. The van der Waals surface area contributed by atoms with Crippen LogP contribution in [0.4, 0.5) is 17.1 Å². The highest BCUT2D eigenvalue weighted by atomic mass is 32.1. The second kappa shape index (κ2) is 8.52. The normalized spacial score (nSPS) is 19.7. The van der Waals surface area contributed by atoms with E-state index in [4.69, 9.17) is 0 Å². The second-order valence-corrected chi connectivity index (χ2v) is 9.85. The van der Waals surface area contributed by atoms with Gasteiger partial charge in [-0.15, -0.1) is 11.3 Å². The molecule has 3 aromatic rings. The molecule has 8 heteroatoms. The summed E-state index contributed by atoms with van der Waals surface area (Å²) in [5.74, 6) is -0.506. The van der Waals surface area contributed by atoms with Crippen molar-refractivity contribution in [3.8, 4) is 0 Å². The molecule has 2 saturated heterocycles. The van der Waals surface area contributed by atoms with E-state index in [1.807, 2.05) is 37.3 Å². The highest BCUT2D eigenvalue weighted by Gasteiger charge is 2.35. The monoisotopic (exact) mass is 449 g/mol. The minimum absolute atomic E-state index is 0.0261. The van der Waals surface area contributed by atoms with Gasteiger partial charge in [0.1, 0.15) is 0 Å². The smallest absolute Gasteiger partial charge is 0.229 e. The summed E-state index contributed by atoms with van der Waals surface area (Å²) in [5, 5.41) is 3.99. The first-order chi connectivity index (χ1) is 15.5. The van der Waals surface area contributed by atoms with Gasteiger partial charge in [-0.05, 0) is 56.4 Å². The number of amides is 2. The van der Waals surface area contributed by atoms with Crippen LogP contribution < -0.4 is 15.1 Å². The van der Waals surface area contributed by atoms with Gasteiger partial charge in [-0.1, -0.05) is 0 Å². The summed E-state index contributed by atoms with van der Waals surface area (Å²) in [4.78, 5) is 36.4. The Labute approximate surface area is 191 Å². The van der Waals surface area contributed by atoms with E-state index in [0.29, 0.717) is 6.54 Å². The van der Waals surface area contributed by atoms with Crippen molar-refractivity contribution in [1.82, 2.24) is 9.88 Å². The number of rotatable bonds is 4. The Balaban J connectivity index is 1.22. The number of hydrogen-bond acceptors (Lipinski definition) is 6. The number of hydrogen-bond donors (Lipinski definition) is 1. The molecule has 1 unspecified atom stereocenters. The molecule has 0 saturated carbocycles. The largest absolute Gasteiger partial charge is 0.369 e. The fourth-order valence-corrected chi connectivity index (χ4v) is 5.20. The van der Waals surface area contributed by atoms with Crippen LogP contribution in [0, 0.1) is 12.8 Å². The average Bonchev–Trinajstić information content (AvgIpc) is 3.36. The molecule has 0 bridgehead atoms. The quantitative estimate of drug-likeness (QED) is 0.662. The minimum atomic E-state index is -0.368. The summed E-state index contributed by atoms with van der Waals surface area (Å²) in [7, 11) is 2.14. The van der Waals surface area contributed by atoms with Crippen LogP contribution >= 0.6 is 11.3 Å². The maximum absolute atomic E-state index is 12.9. The first-order valence-corrected chi connectivity index (χ1v) is 11.8. The number of aryl methyl sites for hydroxylation is 1. The van der Waals surface area contributed by atoms with Crippen LogP contribution in [0.25, 0.3) is 10.2 Å². The van der Waals surface area contributed by atoms with E-state index in [1.54, 1.807) is 16.2 Å². The Morgan fingerprint density at radius 2 is 1.78 bits per heavy atom. The van der Waals surface area contributed by atoms with Gasteiger partial charge in [-0.25, -0.2) is 4.98 Å². The van der Waals surface area contributed by atoms with Gasteiger partial charge in [0.25, 0.3) is 0 Å². The predicted molar refractivity (Wildman–Crippen MR) is 130 cm³/mol. The first kappa shape index (κ1) is 20.9. The Hall–Kier alpha value is -2.97. The summed E-state index contributed by atoms with van der Waals surface area (Å²) in [6, 6.07) is 13.9. The number of carbonyl (C=O) groups is 2. The van der Waals surface area contributed by atoms with Crippen LogP contribution in [0.5, 0.6) is 0 Å². The van der Waals surface area contributed by atoms with Gasteiger partial charge in [-0.2, -0.15) is 0 Å². The zero-order valence-corrected chi connectivity index (χ0v) is 19.2. The molecule has 2 amide bonds. The van der Waals surface area contributed by atoms with Gasteiger partial charge in [0, 0.05) is 56.2 Å². The molecule has 5 rings (SSSR count). The average molecular weight is 450 g/mol. The van der Waals surface area contributed by atoms with Crippen LogP contribution in [0.2, 0.25) is 0 Å². The third kappa shape index (κ3) is 4.20. The number of carbonyl (C=O) groups excluding carboxylic acids is 2. The van der Waals surface area contributed by atoms with Gasteiger partial charge < -0.3 is 20.0 Å². The first-order valence-electron chi connectivity index (χ1n) is 11.0. The molecule has 1 N–H and O–H groups in total. The van der Waals surface area contributed by atoms with Crippen molar-refractivity contribution < 1.29 is 9.59 Å². The number of nitrogens with zero attached hydrogens (tertiary/aromatic N) is 4. The van der Waals surface area contributed by atoms with Gasteiger partial charge in [0.2, 0.25) is 11.8 Å². The topological polar surface area (TPSA) is 68.8 Å². The SMILES string of the molecule is Cc1nc2cc(N3CC(C(=O)Nc4ccc(N5CCN(C)CC5)cc4)CC3=O)ccc2s1. The fourth-order valence-electron chi connectivity index (χ4n) is 4.40. The van der Waals surface area contributed by atoms with E-state index in [2.05, 4.69) is 39.3 Å². The molecule has 1 aromatic heterocycles. The zero-order valence-electron chi connectivity index (χ0n) is 18.4. The number of thiazole rings is 1. The van der Waals surface area contributed by atoms with Gasteiger partial charge >= 0.3 is 0 Å². The van der Waals surface area contributed by atoms with Crippen LogP contribution in [-0.2, 0) is 9.59 Å². The van der Waals surface area contributed by atoms with Crippen LogP contribution in [-0.4, -0.2) is 61.5 Å². The lowest BCUT2D eigenvalue weighted by atomic mass is 10.1. The minimum Gasteiger partial charge on any atom is -0.369 e. The summed E-state index contributed by atoms with van der Waals surface area (Å²) >= 11 is 1.64. The molecule has 1 atom stereocenters. The van der Waals surface area contributed by atoms with Crippen LogP contribution in [0.15, 0.2) is 42.5 Å². The van der Waals surface area contributed by atoms with Gasteiger partial charge in [0.05, 0.1) is 21.1 Å². The lowest BCUT2D eigenvalue weighted by Crippen LogP contribution is -2.44. The predicted octanol–water partition coefficient (Wildman–Crippen LogP) is 3.35. The second-order valence-electron chi connectivity index (χ2n) is 8.62. The Morgan fingerprint density at radius 3 is 2.53 bits per heavy atom. The number of fused-ring (bicyclic) bond motifs is 1. The van der Waals surface area contributed by atoms with E-state index in [1.165, 1.54) is 5.69 Å². The Bertz CT molecular complexity index is 1150. The van der Waals surface area contributed by atoms with Crippen LogP contribution in [0.3, 0.4) is 0 Å². The maximum Gasteiger partial charge on any atom is 0.229 e. The van der Waals surface area contributed by atoms with Crippen molar-refractivity contribution in [2.75, 3.05) is 54.9 Å². The number of nitrogens with one attached hydrogen (secondary N) is 1. The van der Waals surface area contributed by atoms with Gasteiger partial charge in [-0.3, -0.25) is 9.59 Å². The fraction of sp³-hybridized carbons (Fsp3) is 0.375. The molecule has 166 valence electrons. The van der Waals surface area contributed by atoms with E-state index in [9.17, 15) is 9.59 Å². The molecular formula is C24H27N5O2S. The molecular weight excluding hydrogens is 422 g/mol. The molecule has 2 aliphatic heterocycles. The summed E-state index contributed by atoms with van der Waals surface area (Å²) in [6.07, 6.45) is 0.222. The maximum atomic E-state index is 12.9. The molecule has 0 spiro atoms. The molecule has 2 aromatic carbocycles.